The van der Waals surface area contributed by atoms with Crippen LogP contribution in [-0.4, -0.2) is 30.9 Å². The number of amidine groups is 1. The number of ether oxygens (including phenoxy) is 1. The molecule has 9 heteroatoms. The fourth-order valence-corrected chi connectivity index (χ4v) is 2.59. The van der Waals surface area contributed by atoms with E-state index in [-0.39, 0.29) is 17.7 Å². The lowest BCUT2D eigenvalue weighted by molar-refractivity contribution is -0.274. The fourth-order valence-electron chi connectivity index (χ4n) is 2.59. The van der Waals surface area contributed by atoms with Crippen molar-refractivity contribution in [1.82, 2.24) is 5.32 Å². The van der Waals surface area contributed by atoms with Gasteiger partial charge in [-0.25, -0.2) is 4.99 Å². The summed E-state index contributed by atoms with van der Waals surface area (Å²) in [7, 11) is 0. The highest BCUT2D eigenvalue weighted by Crippen LogP contribution is 2.24. The number of amides is 1. The number of nitrogens with one attached hydrogen (secondary N) is 2. The van der Waals surface area contributed by atoms with Gasteiger partial charge in [0.2, 0.25) is 5.91 Å². The SMILES string of the molecule is C=N/C(=N\Nc1ccc(OC(F)(F)F)cc1)C1=CC(NC(=O)CC)CCC1. The minimum Gasteiger partial charge on any atom is -0.406 e. The summed E-state index contributed by atoms with van der Waals surface area (Å²) in [6, 6.07) is 5.10. The Labute approximate surface area is 155 Å². The molecule has 0 aromatic heterocycles. The molecule has 0 fully saturated rings. The van der Waals surface area contributed by atoms with Gasteiger partial charge in [0.15, 0.2) is 5.84 Å². The zero-order valence-corrected chi connectivity index (χ0v) is 14.8. The van der Waals surface area contributed by atoms with E-state index < -0.39 is 6.36 Å². The smallest absolute Gasteiger partial charge is 0.406 e. The van der Waals surface area contributed by atoms with Crippen molar-refractivity contribution in [3.8, 4) is 5.75 Å². The zero-order valence-electron chi connectivity index (χ0n) is 14.8. The predicted molar refractivity (Wildman–Crippen MR) is 97.9 cm³/mol. The number of carbonyl (C=O) groups is 1. The van der Waals surface area contributed by atoms with Crippen LogP contribution in [0.2, 0.25) is 0 Å². The third-order valence-electron chi connectivity index (χ3n) is 3.85. The second-order valence-corrected chi connectivity index (χ2v) is 5.89. The Hall–Kier alpha value is -2.84. The second kappa shape index (κ2) is 9.20. The predicted octanol–water partition coefficient (Wildman–Crippen LogP) is 4.02. The van der Waals surface area contributed by atoms with Gasteiger partial charge in [0.25, 0.3) is 0 Å². The summed E-state index contributed by atoms with van der Waals surface area (Å²) in [4.78, 5) is 15.5. The third kappa shape index (κ3) is 6.76. The monoisotopic (exact) mass is 382 g/mol. The lowest BCUT2D eigenvalue weighted by Crippen LogP contribution is -2.34. The largest absolute Gasteiger partial charge is 0.573 e. The van der Waals surface area contributed by atoms with Crippen LogP contribution in [0.25, 0.3) is 0 Å². The molecule has 1 amide bonds. The second-order valence-electron chi connectivity index (χ2n) is 5.89. The van der Waals surface area contributed by atoms with Crippen molar-refractivity contribution in [3.63, 3.8) is 0 Å². The van der Waals surface area contributed by atoms with Crippen LogP contribution in [0, 0.1) is 0 Å². The number of hydrogen-bond acceptors (Lipinski definition) is 4. The Morgan fingerprint density at radius 1 is 1.33 bits per heavy atom. The topological polar surface area (TPSA) is 75.1 Å². The van der Waals surface area contributed by atoms with Gasteiger partial charge >= 0.3 is 6.36 Å². The number of hydrazone groups is 1. The van der Waals surface area contributed by atoms with Crippen LogP contribution in [0.1, 0.15) is 32.6 Å². The first-order valence-corrected chi connectivity index (χ1v) is 8.47. The highest BCUT2D eigenvalue weighted by molar-refractivity contribution is 6.01. The summed E-state index contributed by atoms with van der Waals surface area (Å²) in [5.74, 6) is 0.0338. The van der Waals surface area contributed by atoms with Gasteiger partial charge in [-0.1, -0.05) is 13.0 Å². The van der Waals surface area contributed by atoms with E-state index in [1.165, 1.54) is 24.3 Å². The molecule has 1 aromatic rings. The molecule has 0 heterocycles. The molecule has 0 saturated carbocycles. The van der Waals surface area contributed by atoms with E-state index in [0.717, 1.165) is 24.8 Å². The van der Waals surface area contributed by atoms with Crippen LogP contribution >= 0.6 is 0 Å². The first kappa shape index (κ1) is 20.5. The van der Waals surface area contributed by atoms with Crippen molar-refractivity contribution in [2.45, 2.75) is 45.0 Å². The van der Waals surface area contributed by atoms with Gasteiger partial charge in [-0.3, -0.25) is 10.2 Å². The van der Waals surface area contributed by atoms with Crippen LogP contribution in [-0.2, 0) is 4.79 Å². The fraction of sp³-hybridized carbons (Fsp3) is 0.389. The lowest BCUT2D eigenvalue weighted by Gasteiger charge is -2.21. The van der Waals surface area contributed by atoms with Crippen molar-refractivity contribution in [3.05, 3.63) is 35.9 Å². The van der Waals surface area contributed by atoms with E-state index in [1.807, 2.05) is 6.08 Å². The molecule has 1 aromatic carbocycles. The highest BCUT2D eigenvalue weighted by Gasteiger charge is 2.30. The van der Waals surface area contributed by atoms with E-state index in [9.17, 15) is 18.0 Å². The highest BCUT2D eigenvalue weighted by atomic mass is 19.4. The number of halogens is 3. The van der Waals surface area contributed by atoms with E-state index in [4.69, 9.17) is 0 Å². The maximum atomic E-state index is 12.2. The maximum Gasteiger partial charge on any atom is 0.573 e. The molecule has 1 atom stereocenters. The molecule has 0 spiro atoms. The number of aliphatic imine (C=N–C) groups is 1. The van der Waals surface area contributed by atoms with Gasteiger partial charge in [0, 0.05) is 12.5 Å². The molecule has 146 valence electrons. The molecule has 27 heavy (non-hydrogen) atoms. The number of benzene rings is 1. The molecule has 2 N–H and O–H groups in total. The molecule has 0 radical (unpaired) electrons. The molecular weight excluding hydrogens is 361 g/mol. The van der Waals surface area contributed by atoms with Crippen LogP contribution in [0.15, 0.2) is 46.0 Å². The first-order valence-electron chi connectivity index (χ1n) is 8.47. The molecule has 1 aliphatic carbocycles. The Morgan fingerprint density at radius 3 is 2.63 bits per heavy atom. The molecule has 1 aliphatic rings. The molecular formula is C18H21F3N4O2. The van der Waals surface area contributed by atoms with Crippen molar-refractivity contribution >= 4 is 24.1 Å². The molecule has 0 bridgehead atoms. The van der Waals surface area contributed by atoms with Crippen molar-refractivity contribution in [2.75, 3.05) is 5.43 Å². The Balaban J connectivity index is 2.05. The third-order valence-corrected chi connectivity index (χ3v) is 3.85. The molecule has 0 saturated heterocycles. The zero-order chi connectivity index (χ0) is 19.9. The minimum atomic E-state index is -4.73. The Kier molecular flexibility index (Phi) is 6.98. The number of carbonyl (C=O) groups excluding carboxylic acids is 1. The number of alkyl halides is 3. The van der Waals surface area contributed by atoms with Gasteiger partial charge in [-0.2, -0.15) is 5.10 Å². The average Bonchev–Trinajstić information content (AvgIpc) is 2.62. The van der Waals surface area contributed by atoms with Crippen molar-refractivity contribution in [2.24, 2.45) is 10.1 Å². The number of hydrogen-bond donors (Lipinski definition) is 2. The summed E-state index contributed by atoms with van der Waals surface area (Å²) in [6.45, 7) is 5.30. The summed E-state index contributed by atoms with van der Waals surface area (Å²) in [5, 5.41) is 7.09. The van der Waals surface area contributed by atoms with Crippen LogP contribution in [0.5, 0.6) is 5.75 Å². The quantitative estimate of drug-likeness (QED) is 0.443. The standard InChI is InChI=1S/C18H21F3N4O2/c1-3-16(26)23-14-6-4-5-12(11-14)17(22-2)25-24-13-7-9-15(10-8-13)27-18(19,20)21/h7-11,14,24H,2-6H2,1H3,(H,23,26)/b25-17-. The first-order chi connectivity index (χ1) is 12.8. The normalized spacial score (nSPS) is 17.7. The van der Waals surface area contributed by atoms with Crippen molar-refractivity contribution < 1.29 is 22.7 Å². The summed E-state index contributed by atoms with van der Waals surface area (Å²) >= 11 is 0. The molecule has 0 aliphatic heterocycles. The van der Waals surface area contributed by atoms with Gasteiger partial charge in [-0.15, -0.1) is 13.2 Å². The van der Waals surface area contributed by atoms with E-state index in [0.29, 0.717) is 17.9 Å². The van der Waals surface area contributed by atoms with Gasteiger partial charge < -0.3 is 10.1 Å². The Morgan fingerprint density at radius 2 is 2.04 bits per heavy atom. The number of nitrogens with zero attached hydrogens (tertiary/aromatic N) is 2. The van der Waals surface area contributed by atoms with Gasteiger partial charge in [0.1, 0.15) is 5.75 Å². The minimum absolute atomic E-state index is 0.0261. The van der Waals surface area contributed by atoms with Gasteiger partial charge in [0.05, 0.1) is 5.69 Å². The summed E-state index contributed by atoms with van der Waals surface area (Å²) < 4.78 is 40.3. The van der Waals surface area contributed by atoms with Crippen LogP contribution in [0.4, 0.5) is 18.9 Å². The van der Waals surface area contributed by atoms with Crippen LogP contribution < -0.4 is 15.5 Å². The maximum absolute atomic E-state index is 12.2. The molecule has 1 unspecified atom stereocenters. The molecule has 2 rings (SSSR count). The Bertz CT molecular complexity index is 727. The number of anilines is 1. The van der Waals surface area contributed by atoms with Gasteiger partial charge in [-0.05, 0) is 55.8 Å². The average molecular weight is 382 g/mol. The number of rotatable bonds is 6. The van der Waals surface area contributed by atoms with Crippen LogP contribution in [0.3, 0.4) is 0 Å². The van der Waals surface area contributed by atoms with E-state index in [1.54, 1.807) is 6.92 Å². The lowest BCUT2D eigenvalue weighted by atomic mass is 9.95. The summed E-state index contributed by atoms with van der Waals surface area (Å²) in [5.41, 5.74) is 4.06. The van der Waals surface area contributed by atoms with Crippen molar-refractivity contribution in [1.29, 1.82) is 0 Å². The molecule has 6 nitrogen and oxygen atoms in total. The van der Waals surface area contributed by atoms with E-state index >= 15 is 0 Å². The summed E-state index contributed by atoms with van der Waals surface area (Å²) in [6.07, 6.45) is 0.0509. The van der Waals surface area contributed by atoms with E-state index in [2.05, 4.69) is 32.3 Å².